The maximum Gasteiger partial charge on any atom is 0.273 e. The number of nitro benzene ring substituents is 1. The number of ether oxygens (including phenoxy) is 1. The van der Waals surface area contributed by atoms with Gasteiger partial charge in [-0.25, -0.2) is 5.01 Å². The Bertz CT molecular complexity index is 1860. The molecule has 1 heterocycles. The zero-order valence-corrected chi connectivity index (χ0v) is 28.4. The third-order valence-corrected chi connectivity index (χ3v) is 12.7. The van der Waals surface area contributed by atoms with Gasteiger partial charge in [0, 0.05) is 28.3 Å². The minimum absolute atomic E-state index is 0.00549. The molecule has 3 amide bonds. The van der Waals surface area contributed by atoms with E-state index >= 15 is 0 Å². The molecule has 1 aliphatic heterocycles. The van der Waals surface area contributed by atoms with Crippen molar-refractivity contribution in [2.24, 2.45) is 11.8 Å². The van der Waals surface area contributed by atoms with Crippen LogP contribution in [0, 0.1) is 22.0 Å². The zero-order valence-electron chi connectivity index (χ0n) is 23.1. The van der Waals surface area contributed by atoms with Gasteiger partial charge in [0.05, 0.1) is 26.8 Å². The van der Waals surface area contributed by atoms with Crippen molar-refractivity contribution < 1.29 is 28.8 Å². The molecule has 0 spiro atoms. The summed E-state index contributed by atoms with van der Waals surface area (Å²) in [6, 6.07) is 16.6. The number of hydrogen-bond donors (Lipinski definition) is 0. The number of hydrogen-bond acceptors (Lipinski definition) is 7. The van der Waals surface area contributed by atoms with Gasteiger partial charge in [0.15, 0.2) is 10.1 Å². The molecule has 4 atom stereocenters. The summed E-state index contributed by atoms with van der Waals surface area (Å²) < 4.78 is 3.50. The average molecular weight is 779 g/mol. The van der Waals surface area contributed by atoms with Crippen LogP contribution in [0.3, 0.4) is 0 Å². The van der Waals surface area contributed by atoms with Crippen LogP contribution >= 0.6 is 81.2 Å². The number of Topliss-reactive ketones (excluding diaryl/α,β-unsaturated/α-hetero) is 1. The van der Waals surface area contributed by atoms with Crippen LogP contribution in [0.25, 0.3) is 0 Å². The van der Waals surface area contributed by atoms with E-state index in [1.807, 2.05) is 0 Å². The highest BCUT2D eigenvalue weighted by atomic mass is 35.5. The Balaban J connectivity index is 1.31. The molecular weight excluding hydrogens is 763 g/mol. The van der Waals surface area contributed by atoms with E-state index in [2.05, 4.69) is 0 Å². The SMILES string of the molecule is O=C(CN(C(=O)c1ccc(Cl)cc1)N1C(=O)[C@H]2[C@H](C1=O)[C@@]1(Cl)C(Cl)=C(Cl)[C@@]2(Cl)C1(Cl)Cl)c1ccc(Oc2ccc([N+](=O)[O-])cc2)cc1. The first-order valence-electron chi connectivity index (χ1n) is 13.4. The first-order valence-corrected chi connectivity index (χ1v) is 16.0. The first-order chi connectivity index (χ1) is 22.0. The number of allylic oxidation sites excluding steroid dienone is 2. The van der Waals surface area contributed by atoms with E-state index < -0.39 is 60.9 Å². The molecule has 242 valence electrons. The number of rotatable bonds is 8. The monoisotopic (exact) mass is 775 g/mol. The molecule has 2 fully saturated rings. The molecule has 6 rings (SSSR count). The Morgan fingerprint density at radius 2 is 1.21 bits per heavy atom. The Labute approximate surface area is 300 Å². The van der Waals surface area contributed by atoms with Gasteiger partial charge in [-0.3, -0.25) is 29.3 Å². The summed E-state index contributed by atoms with van der Waals surface area (Å²) in [7, 11) is 0. The minimum atomic E-state index is -2.19. The highest BCUT2D eigenvalue weighted by Gasteiger charge is 2.88. The quantitative estimate of drug-likeness (QED) is 0.0754. The van der Waals surface area contributed by atoms with E-state index in [1.54, 1.807) is 0 Å². The van der Waals surface area contributed by atoms with E-state index in [0.717, 1.165) is 0 Å². The second kappa shape index (κ2) is 11.8. The summed E-state index contributed by atoms with van der Waals surface area (Å²) in [5, 5.41) is 11.8. The molecule has 2 aliphatic carbocycles. The number of hydrazine groups is 1. The molecule has 0 N–H and O–H groups in total. The smallest absolute Gasteiger partial charge is 0.273 e. The number of carbonyl (C=O) groups excluding carboxylic acids is 4. The van der Waals surface area contributed by atoms with Gasteiger partial charge in [-0.2, -0.15) is 5.01 Å². The third-order valence-electron chi connectivity index (χ3n) is 8.21. The lowest BCUT2D eigenvalue weighted by molar-refractivity contribution is -0.384. The summed E-state index contributed by atoms with van der Waals surface area (Å²) >= 11 is 45.5. The van der Waals surface area contributed by atoms with Gasteiger partial charge in [-0.05, 0) is 60.7 Å². The van der Waals surface area contributed by atoms with E-state index in [0.29, 0.717) is 26.5 Å². The maximum atomic E-state index is 14.0. The van der Waals surface area contributed by atoms with Gasteiger partial charge in [-0.15, -0.1) is 23.2 Å². The van der Waals surface area contributed by atoms with Gasteiger partial charge >= 0.3 is 0 Å². The van der Waals surface area contributed by atoms with Crippen molar-refractivity contribution in [2.75, 3.05) is 6.54 Å². The molecule has 3 aromatic rings. The van der Waals surface area contributed by atoms with Gasteiger partial charge in [0.2, 0.25) is 0 Å². The molecular formula is C30H16Cl7N3O7. The van der Waals surface area contributed by atoms with E-state index in [4.69, 9.17) is 85.9 Å². The Morgan fingerprint density at radius 1 is 0.766 bits per heavy atom. The lowest BCUT2D eigenvalue weighted by atomic mass is 9.84. The van der Waals surface area contributed by atoms with Crippen molar-refractivity contribution in [3.8, 4) is 11.5 Å². The number of amides is 3. The van der Waals surface area contributed by atoms with Gasteiger partial charge in [0.1, 0.15) is 27.8 Å². The largest absolute Gasteiger partial charge is 0.457 e. The molecule has 2 bridgehead atoms. The number of alkyl halides is 4. The fourth-order valence-electron chi connectivity index (χ4n) is 5.90. The van der Waals surface area contributed by atoms with Crippen molar-refractivity contribution in [1.82, 2.24) is 10.0 Å². The molecule has 3 aliphatic rings. The molecule has 17 heteroatoms. The maximum absolute atomic E-state index is 14.0. The van der Waals surface area contributed by atoms with Crippen molar-refractivity contribution in [3.05, 3.63) is 109 Å². The fourth-order valence-corrected chi connectivity index (χ4v) is 8.96. The molecule has 0 unspecified atom stereocenters. The topological polar surface area (TPSA) is 127 Å². The van der Waals surface area contributed by atoms with Crippen LogP contribution in [-0.2, 0) is 9.59 Å². The van der Waals surface area contributed by atoms with Crippen LogP contribution in [0.5, 0.6) is 11.5 Å². The summed E-state index contributed by atoms with van der Waals surface area (Å²) in [6.07, 6.45) is 0. The van der Waals surface area contributed by atoms with Crippen LogP contribution in [0.1, 0.15) is 20.7 Å². The van der Waals surface area contributed by atoms with E-state index in [-0.39, 0.29) is 26.9 Å². The van der Waals surface area contributed by atoms with E-state index in [9.17, 15) is 29.3 Å². The predicted octanol–water partition coefficient (Wildman–Crippen LogP) is 7.73. The van der Waals surface area contributed by atoms with Crippen molar-refractivity contribution in [2.45, 2.75) is 14.1 Å². The van der Waals surface area contributed by atoms with Crippen molar-refractivity contribution in [3.63, 3.8) is 0 Å². The Kier molecular flexibility index (Phi) is 8.49. The second-order valence-corrected chi connectivity index (χ2v) is 14.5. The molecule has 1 saturated carbocycles. The summed E-state index contributed by atoms with van der Waals surface area (Å²) in [5.74, 6) is -6.08. The lowest BCUT2D eigenvalue weighted by Crippen LogP contribution is -2.56. The molecule has 0 aromatic heterocycles. The summed E-state index contributed by atoms with van der Waals surface area (Å²) in [6.45, 7) is -0.784. The highest BCUT2D eigenvalue weighted by molar-refractivity contribution is 6.66. The van der Waals surface area contributed by atoms with Gasteiger partial charge in [-0.1, -0.05) is 58.0 Å². The number of nitrogens with zero attached hydrogens (tertiary/aromatic N) is 3. The normalized spacial score (nSPS) is 25.6. The lowest BCUT2D eigenvalue weighted by Gasteiger charge is -2.36. The number of fused-ring (bicyclic) bond motifs is 5. The standard InChI is InChI=1S/C30H16Cl7N3O7/c31-16-5-1-15(2-6-16)25(42)38(13-20(41)14-3-9-18(10-4-14)47-19-11-7-17(8-12-19)40(45)46)39-26(43)21-22(27(39)44)29(35)24(33)23(32)28(21,34)30(29,36)37/h1-12,21-22H,13H2/t21-,22-,28-,29-/m1/s1. The summed E-state index contributed by atoms with van der Waals surface area (Å²) in [4.78, 5) is 61.7. The third kappa shape index (κ3) is 4.91. The highest BCUT2D eigenvalue weighted by Crippen LogP contribution is 2.77. The molecule has 10 nitrogen and oxygen atoms in total. The molecule has 47 heavy (non-hydrogen) atoms. The first kappa shape index (κ1) is 33.8. The number of non-ortho nitro benzene ring substituents is 1. The van der Waals surface area contributed by atoms with Crippen molar-refractivity contribution >= 4 is 110 Å². The molecule has 3 aromatic carbocycles. The van der Waals surface area contributed by atoms with Crippen molar-refractivity contribution in [1.29, 1.82) is 0 Å². The Hall–Kier alpha value is -3.09. The Morgan fingerprint density at radius 3 is 1.68 bits per heavy atom. The molecule has 0 radical (unpaired) electrons. The number of imide groups is 1. The molecule has 1 saturated heterocycles. The van der Waals surface area contributed by atoms with Gasteiger partial charge in [0.25, 0.3) is 23.4 Å². The van der Waals surface area contributed by atoms with Crippen LogP contribution in [-0.4, -0.2) is 59.1 Å². The number of halogens is 7. The van der Waals surface area contributed by atoms with Gasteiger partial charge < -0.3 is 4.74 Å². The minimum Gasteiger partial charge on any atom is -0.457 e. The predicted molar refractivity (Wildman–Crippen MR) is 176 cm³/mol. The fraction of sp³-hybridized carbons (Fsp3) is 0.200. The number of ketones is 1. The second-order valence-electron chi connectivity index (χ2n) is 10.7. The average Bonchev–Trinajstić information content (AvgIpc) is 3.43. The zero-order chi connectivity index (χ0) is 34.2. The van der Waals surface area contributed by atoms with E-state index in [1.165, 1.54) is 72.8 Å². The van der Waals surface area contributed by atoms with Crippen LogP contribution < -0.4 is 4.74 Å². The number of nitro groups is 1. The van der Waals surface area contributed by atoms with Crippen LogP contribution in [0.15, 0.2) is 82.9 Å². The van der Waals surface area contributed by atoms with Crippen LogP contribution in [0.2, 0.25) is 5.02 Å². The van der Waals surface area contributed by atoms with Crippen LogP contribution in [0.4, 0.5) is 5.69 Å². The number of benzene rings is 3. The summed E-state index contributed by atoms with van der Waals surface area (Å²) in [5.41, 5.74) is -0.0314. The number of carbonyl (C=O) groups is 4.